The fourth-order valence-electron chi connectivity index (χ4n) is 3.11. The zero-order valence-corrected chi connectivity index (χ0v) is 14.4. The molecule has 0 bridgehead atoms. The second kappa shape index (κ2) is 6.95. The van der Waals surface area contributed by atoms with Crippen LogP contribution in [0.4, 0.5) is 5.69 Å². The third kappa shape index (κ3) is 3.76. The zero-order valence-electron chi connectivity index (χ0n) is 12.8. The van der Waals surface area contributed by atoms with Gasteiger partial charge in [0, 0.05) is 22.7 Å². The van der Waals surface area contributed by atoms with E-state index in [4.69, 9.17) is 0 Å². The predicted octanol–water partition coefficient (Wildman–Crippen LogP) is 4.91. The highest BCUT2D eigenvalue weighted by Crippen LogP contribution is 2.33. The maximum Gasteiger partial charge on any atom is 0.0772 e. The summed E-state index contributed by atoms with van der Waals surface area (Å²) in [5.41, 5.74) is 2.24. The number of benzene rings is 1. The van der Waals surface area contributed by atoms with E-state index in [0.717, 1.165) is 16.6 Å². The van der Waals surface area contributed by atoms with Gasteiger partial charge in [-0.15, -0.1) is 0 Å². The van der Waals surface area contributed by atoms with Gasteiger partial charge in [-0.3, -0.25) is 0 Å². The predicted molar refractivity (Wildman–Crippen MR) is 89.2 cm³/mol. The lowest BCUT2D eigenvalue weighted by atomic mass is 10.1. The van der Waals surface area contributed by atoms with E-state index >= 15 is 0 Å². The quantitative estimate of drug-likeness (QED) is 0.823. The lowest BCUT2D eigenvalue weighted by molar-refractivity contribution is 0.198. The highest BCUT2D eigenvalue weighted by Gasteiger charge is 2.24. The molecule has 2 rings (SSSR count). The lowest BCUT2D eigenvalue weighted by Gasteiger charge is -2.33. The van der Waals surface area contributed by atoms with Gasteiger partial charge < -0.3 is 10.0 Å². The zero-order chi connectivity index (χ0) is 14.7. The molecular weight excluding hydrogens is 314 g/mol. The van der Waals surface area contributed by atoms with E-state index in [9.17, 15) is 5.11 Å². The van der Waals surface area contributed by atoms with Crippen molar-refractivity contribution in [1.82, 2.24) is 0 Å². The van der Waals surface area contributed by atoms with E-state index in [1.165, 1.54) is 31.4 Å². The Morgan fingerprint density at radius 2 is 1.90 bits per heavy atom. The first-order valence-corrected chi connectivity index (χ1v) is 8.52. The summed E-state index contributed by atoms with van der Waals surface area (Å²) >= 11 is 3.60. The van der Waals surface area contributed by atoms with E-state index in [-0.39, 0.29) is 0 Å². The van der Waals surface area contributed by atoms with E-state index in [2.05, 4.69) is 46.8 Å². The maximum atomic E-state index is 9.75. The summed E-state index contributed by atoms with van der Waals surface area (Å²) in [5, 5.41) is 9.75. The van der Waals surface area contributed by atoms with Gasteiger partial charge in [-0.25, -0.2) is 0 Å². The first-order valence-electron chi connectivity index (χ1n) is 7.73. The molecule has 1 N–H and O–H groups in total. The van der Waals surface area contributed by atoms with Crippen LogP contribution < -0.4 is 4.90 Å². The molecule has 1 aromatic carbocycles. The molecule has 3 heteroatoms. The van der Waals surface area contributed by atoms with Gasteiger partial charge in [0.05, 0.1) is 6.10 Å². The number of hydrogen-bond acceptors (Lipinski definition) is 2. The number of aliphatic hydroxyl groups is 1. The highest BCUT2D eigenvalue weighted by molar-refractivity contribution is 9.10. The third-order valence-electron chi connectivity index (χ3n) is 4.09. The summed E-state index contributed by atoms with van der Waals surface area (Å²) in [5.74, 6) is 0.658. The number of rotatable bonds is 5. The van der Waals surface area contributed by atoms with Crippen LogP contribution in [0.15, 0.2) is 22.7 Å². The average molecular weight is 340 g/mol. The molecule has 0 unspecified atom stereocenters. The first-order chi connectivity index (χ1) is 9.49. The second-order valence-electron chi connectivity index (χ2n) is 6.37. The topological polar surface area (TPSA) is 23.5 Å². The van der Waals surface area contributed by atoms with Crippen molar-refractivity contribution in [2.24, 2.45) is 5.92 Å². The van der Waals surface area contributed by atoms with E-state index in [1.807, 2.05) is 13.0 Å². The summed E-state index contributed by atoms with van der Waals surface area (Å²) in [6, 6.07) is 7.06. The summed E-state index contributed by atoms with van der Waals surface area (Å²) in [6.07, 6.45) is 4.90. The Labute approximate surface area is 131 Å². The molecule has 1 aromatic rings. The lowest BCUT2D eigenvalue weighted by Crippen LogP contribution is -2.36. The minimum absolute atomic E-state index is 0.427. The SMILES string of the molecule is CC(C)CN(c1ccc([C@@H](C)O)c(Br)c1)C1CCCC1. The van der Waals surface area contributed by atoms with Crippen LogP contribution in [0.5, 0.6) is 0 Å². The van der Waals surface area contributed by atoms with Crippen LogP contribution in [0.3, 0.4) is 0 Å². The third-order valence-corrected chi connectivity index (χ3v) is 4.78. The van der Waals surface area contributed by atoms with E-state index < -0.39 is 6.10 Å². The first kappa shape index (κ1) is 15.8. The maximum absolute atomic E-state index is 9.75. The molecule has 1 aliphatic rings. The Kier molecular flexibility index (Phi) is 5.50. The fourth-order valence-corrected chi connectivity index (χ4v) is 3.81. The average Bonchev–Trinajstić information content (AvgIpc) is 2.88. The summed E-state index contributed by atoms with van der Waals surface area (Å²) in [6.45, 7) is 7.47. The Morgan fingerprint density at radius 3 is 2.40 bits per heavy atom. The van der Waals surface area contributed by atoms with Gasteiger partial charge in [-0.05, 0) is 43.4 Å². The monoisotopic (exact) mass is 339 g/mol. The van der Waals surface area contributed by atoms with Crippen molar-refractivity contribution in [2.45, 2.75) is 58.6 Å². The van der Waals surface area contributed by atoms with Crippen LogP contribution in [0.1, 0.15) is 58.1 Å². The van der Waals surface area contributed by atoms with Crippen LogP contribution in [0, 0.1) is 5.92 Å². The molecular formula is C17H26BrNO. The Bertz CT molecular complexity index is 439. The minimum atomic E-state index is -0.427. The molecule has 1 fully saturated rings. The van der Waals surface area contributed by atoms with Crippen LogP contribution in [-0.4, -0.2) is 17.7 Å². The number of anilines is 1. The minimum Gasteiger partial charge on any atom is -0.389 e. The van der Waals surface area contributed by atoms with Gasteiger partial charge in [-0.1, -0.05) is 48.7 Å². The number of hydrogen-bond donors (Lipinski definition) is 1. The van der Waals surface area contributed by atoms with Gasteiger partial charge in [0.2, 0.25) is 0 Å². The van der Waals surface area contributed by atoms with E-state index in [0.29, 0.717) is 12.0 Å². The molecule has 0 amide bonds. The molecule has 1 aliphatic carbocycles. The molecule has 1 atom stereocenters. The molecule has 0 spiro atoms. The molecule has 0 saturated heterocycles. The summed E-state index contributed by atoms with van der Waals surface area (Å²) < 4.78 is 1.01. The Morgan fingerprint density at radius 1 is 1.25 bits per heavy atom. The normalized spacial score (nSPS) is 17.7. The molecule has 0 heterocycles. The van der Waals surface area contributed by atoms with Gasteiger partial charge in [0.15, 0.2) is 0 Å². The smallest absolute Gasteiger partial charge is 0.0772 e. The van der Waals surface area contributed by atoms with Crippen LogP contribution in [0.25, 0.3) is 0 Å². The van der Waals surface area contributed by atoms with Crippen molar-refractivity contribution in [3.8, 4) is 0 Å². The summed E-state index contributed by atoms with van der Waals surface area (Å²) in [7, 11) is 0. The summed E-state index contributed by atoms with van der Waals surface area (Å²) in [4.78, 5) is 2.56. The molecule has 0 radical (unpaired) electrons. The largest absolute Gasteiger partial charge is 0.389 e. The Balaban J connectivity index is 2.25. The van der Waals surface area contributed by atoms with Crippen molar-refractivity contribution in [3.05, 3.63) is 28.2 Å². The van der Waals surface area contributed by atoms with Crippen molar-refractivity contribution in [3.63, 3.8) is 0 Å². The van der Waals surface area contributed by atoms with Gasteiger partial charge in [0.25, 0.3) is 0 Å². The molecule has 20 heavy (non-hydrogen) atoms. The van der Waals surface area contributed by atoms with Crippen LogP contribution >= 0.6 is 15.9 Å². The van der Waals surface area contributed by atoms with Crippen molar-refractivity contribution >= 4 is 21.6 Å². The van der Waals surface area contributed by atoms with Gasteiger partial charge in [0.1, 0.15) is 0 Å². The highest BCUT2D eigenvalue weighted by atomic mass is 79.9. The second-order valence-corrected chi connectivity index (χ2v) is 7.22. The molecule has 0 aromatic heterocycles. The molecule has 0 aliphatic heterocycles. The number of nitrogens with zero attached hydrogens (tertiary/aromatic N) is 1. The molecule has 2 nitrogen and oxygen atoms in total. The van der Waals surface area contributed by atoms with Crippen LogP contribution in [-0.2, 0) is 0 Å². The Hall–Kier alpha value is -0.540. The van der Waals surface area contributed by atoms with Gasteiger partial charge >= 0.3 is 0 Å². The number of halogens is 1. The number of aliphatic hydroxyl groups excluding tert-OH is 1. The van der Waals surface area contributed by atoms with Crippen molar-refractivity contribution in [1.29, 1.82) is 0 Å². The van der Waals surface area contributed by atoms with E-state index in [1.54, 1.807) is 0 Å². The van der Waals surface area contributed by atoms with Gasteiger partial charge in [-0.2, -0.15) is 0 Å². The fraction of sp³-hybridized carbons (Fsp3) is 0.647. The van der Waals surface area contributed by atoms with Crippen molar-refractivity contribution in [2.75, 3.05) is 11.4 Å². The standard InChI is InChI=1S/C17H26BrNO/c1-12(2)11-19(14-6-4-5-7-14)15-8-9-16(13(3)20)17(18)10-15/h8-10,12-14,20H,4-7,11H2,1-3H3/t13-/m1/s1. The molecule has 1 saturated carbocycles. The van der Waals surface area contributed by atoms with Crippen molar-refractivity contribution < 1.29 is 5.11 Å². The van der Waals surface area contributed by atoms with Crippen LogP contribution in [0.2, 0.25) is 0 Å². The molecule has 112 valence electrons.